The van der Waals surface area contributed by atoms with Crippen LogP contribution in [0.5, 0.6) is 11.5 Å². The van der Waals surface area contributed by atoms with Crippen LogP contribution in [0.4, 0.5) is 4.39 Å². The normalized spacial score (nSPS) is 11.4. The second-order valence-electron chi connectivity index (χ2n) is 5.45. The van der Waals surface area contributed by atoms with Gasteiger partial charge in [-0.15, -0.1) is 0 Å². The topological polar surface area (TPSA) is 73.9 Å². The highest BCUT2D eigenvalue weighted by molar-refractivity contribution is 5.91. The minimum atomic E-state index is -0.898. The number of carbonyl (C=O) groups excluding carboxylic acids is 2. The minimum Gasteiger partial charge on any atom is -0.497 e. The number of rotatable bonds is 7. The second-order valence-corrected chi connectivity index (χ2v) is 5.45. The second kappa shape index (κ2) is 8.84. The van der Waals surface area contributed by atoms with Crippen LogP contribution in [-0.4, -0.2) is 32.7 Å². The van der Waals surface area contributed by atoms with Crippen LogP contribution in [-0.2, 0) is 9.53 Å². The van der Waals surface area contributed by atoms with Crippen LogP contribution >= 0.6 is 0 Å². The van der Waals surface area contributed by atoms with Gasteiger partial charge in [0.1, 0.15) is 17.3 Å². The number of hydrogen-bond donors (Lipinski definition) is 1. The number of methoxy groups -OCH3 is 2. The van der Waals surface area contributed by atoms with Crippen molar-refractivity contribution in [3.05, 3.63) is 59.4 Å². The van der Waals surface area contributed by atoms with Gasteiger partial charge in [0.05, 0.1) is 25.8 Å². The lowest BCUT2D eigenvalue weighted by molar-refractivity contribution is -0.124. The molecule has 0 heterocycles. The van der Waals surface area contributed by atoms with Crippen LogP contribution < -0.4 is 14.8 Å². The van der Waals surface area contributed by atoms with Crippen molar-refractivity contribution in [3.63, 3.8) is 0 Å². The maximum atomic E-state index is 13.5. The molecule has 0 aromatic heterocycles. The molecule has 2 rings (SSSR count). The molecule has 6 nitrogen and oxygen atoms in total. The van der Waals surface area contributed by atoms with Gasteiger partial charge in [-0.3, -0.25) is 4.79 Å². The third-order valence-corrected chi connectivity index (χ3v) is 3.71. The number of hydrogen-bond acceptors (Lipinski definition) is 5. The third kappa shape index (κ3) is 4.72. The molecule has 2 aromatic carbocycles. The summed E-state index contributed by atoms with van der Waals surface area (Å²) in [5.41, 5.74) is 0.489. The van der Waals surface area contributed by atoms with Crippen molar-refractivity contribution < 1.29 is 28.2 Å². The van der Waals surface area contributed by atoms with Crippen LogP contribution in [0, 0.1) is 5.82 Å². The predicted molar refractivity (Wildman–Crippen MR) is 92.8 cm³/mol. The number of amides is 1. The summed E-state index contributed by atoms with van der Waals surface area (Å²) in [4.78, 5) is 23.9. The van der Waals surface area contributed by atoms with Crippen LogP contribution in [0.2, 0.25) is 0 Å². The highest BCUT2D eigenvalue weighted by Crippen LogP contribution is 2.29. The van der Waals surface area contributed by atoms with Crippen molar-refractivity contribution in [2.75, 3.05) is 20.8 Å². The summed E-state index contributed by atoms with van der Waals surface area (Å²) >= 11 is 0. The minimum absolute atomic E-state index is 0.220. The average molecular weight is 361 g/mol. The molecule has 0 radical (unpaired) electrons. The van der Waals surface area contributed by atoms with E-state index in [0.29, 0.717) is 17.1 Å². The van der Waals surface area contributed by atoms with E-state index < -0.39 is 30.3 Å². The van der Waals surface area contributed by atoms with Gasteiger partial charge in [-0.1, -0.05) is 12.1 Å². The Morgan fingerprint density at radius 3 is 2.50 bits per heavy atom. The quantitative estimate of drug-likeness (QED) is 0.768. The molecule has 26 heavy (non-hydrogen) atoms. The highest BCUT2D eigenvalue weighted by Gasteiger charge is 2.18. The number of nitrogens with one attached hydrogen (secondary N) is 1. The fourth-order valence-electron chi connectivity index (χ4n) is 2.37. The Morgan fingerprint density at radius 1 is 1.12 bits per heavy atom. The first-order valence-electron chi connectivity index (χ1n) is 7.89. The van der Waals surface area contributed by atoms with Gasteiger partial charge in [-0.2, -0.15) is 0 Å². The molecule has 1 atom stereocenters. The molecule has 1 amide bonds. The van der Waals surface area contributed by atoms with Gasteiger partial charge in [-0.25, -0.2) is 9.18 Å². The van der Waals surface area contributed by atoms with Gasteiger partial charge < -0.3 is 19.5 Å². The first kappa shape index (κ1) is 19.2. The lowest BCUT2D eigenvalue weighted by Gasteiger charge is -2.18. The first-order valence-corrected chi connectivity index (χ1v) is 7.89. The number of benzene rings is 2. The van der Waals surface area contributed by atoms with Crippen molar-refractivity contribution >= 4 is 11.9 Å². The summed E-state index contributed by atoms with van der Waals surface area (Å²) in [6.45, 7) is 1.23. The van der Waals surface area contributed by atoms with Crippen LogP contribution in [0.3, 0.4) is 0 Å². The van der Waals surface area contributed by atoms with E-state index in [4.69, 9.17) is 14.2 Å². The number of carbonyl (C=O) groups is 2. The summed E-state index contributed by atoms with van der Waals surface area (Å²) < 4.78 is 28.8. The average Bonchev–Trinajstić information content (AvgIpc) is 2.65. The molecule has 0 unspecified atom stereocenters. The van der Waals surface area contributed by atoms with Crippen LogP contribution in [0.15, 0.2) is 42.5 Å². The summed E-state index contributed by atoms with van der Waals surface area (Å²) in [5, 5.41) is 2.70. The van der Waals surface area contributed by atoms with Gasteiger partial charge in [0.2, 0.25) is 0 Å². The zero-order valence-electron chi connectivity index (χ0n) is 14.7. The van der Waals surface area contributed by atoms with E-state index in [-0.39, 0.29) is 5.56 Å². The molecule has 0 bridgehead atoms. The van der Waals surface area contributed by atoms with Crippen molar-refractivity contribution in [1.82, 2.24) is 5.32 Å². The zero-order chi connectivity index (χ0) is 19.1. The van der Waals surface area contributed by atoms with E-state index in [1.807, 2.05) is 0 Å². The molecular formula is C19H20FNO5. The molecule has 7 heteroatoms. The Morgan fingerprint density at radius 2 is 1.85 bits per heavy atom. The van der Waals surface area contributed by atoms with E-state index in [1.165, 1.54) is 32.4 Å². The molecule has 0 aliphatic carbocycles. The molecule has 0 saturated carbocycles. The Balaban J connectivity index is 1.97. The third-order valence-electron chi connectivity index (χ3n) is 3.71. The van der Waals surface area contributed by atoms with Crippen molar-refractivity contribution in [3.8, 4) is 11.5 Å². The van der Waals surface area contributed by atoms with Gasteiger partial charge in [0.15, 0.2) is 6.61 Å². The molecule has 0 spiro atoms. The Labute approximate surface area is 150 Å². The Hall–Kier alpha value is -3.09. The summed E-state index contributed by atoms with van der Waals surface area (Å²) in [6.07, 6.45) is 0. The molecule has 0 fully saturated rings. The molecule has 0 aliphatic rings. The van der Waals surface area contributed by atoms with Gasteiger partial charge in [-0.05, 0) is 37.3 Å². The lowest BCUT2D eigenvalue weighted by atomic mass is 10.1. The Kier molecular flexibility index (Phi) is 6.54. The molecule has 138 valence electrons. The van der Waals surface area contributed by atoms with Crippen LogP contribution in [0.1, 0.15) is 28.9 Å². The summed E-state index contributed by atoms with van der Waals surface area (Å²) in [6, 6.07) is 10.2. The highest BCUT2D eigenvalue weighted by atomic mass is 19.1. The number of esters is 1. The molecule has 1 N–H and O–H groups in total. The van der Waals surface area contributed by atoms with E-state index in [1.54, 1.807) is 25.1 Å². The van der Waals surface area contributed by atoms with Crippen LogP contribution in [0.25, 0.3) is 0 Å². The summed E-state index contributed by atoms with van der Waals surface area (Å²) in [5.74, 6) is -0.917. The van der Waals surface area contributed by atoms with E-state index >= 15 is 0 Å². The van der Waals surface area contributed by atoms with Gasteiger partial charge in [0, 0.05) is 5.56 Å². The van der Waals surface area contributed by atoms with E-state index in [9.17, 15) is 14.0 Å². The van der Waals surface area contributed by atoms with Crippen molar-refractivity contribution in [2.24, 2.45) is 0 Å². The molecule has 0 saturated heterocycles. The fraction of sp³-hybridized carbons (Fsp3) is 0.263. The smallest absolute Gasteiger partial charge is 0.341 e. The fourth-order valence-corrected chi connectivity index (χ4v) is 2.37. The Bertz CT molecular complexity index is 793. The lowest BCUT2D eigenvalue weighted by Crippen LogP contribution is -2.31. The van der Waals surface area contributed by atoms with Gasteiger partial charge in [0.25, 0.3) is 5.91 Å². The van der Waals surface area contributed by atoms with Gasteiger partial charge >= 0.3 is 5.97 Å². The molecular weight excluding hydrogens is 341 g/mol. The SMILES string of the molecule is COc1ccc(OC)c([C@H](C)NC(=O)COC(=O)c2ccccc2F)c1. The maximum absolute atomic E-state index is 13.5. The summed E-state index contributed by atoms with van der Waals surface area (Å²) in [7, 11) is 3.06. The predicted octanol–water partition coefficient (Wildman–Crippen LogP) is 2.88. The van der Waals surface area contributed by atoms with E-state index in [2.05, 4.69) is 5.32 Å². The largest absolute Gasteiger partial charge is 0.497 e. The van der Waals surface area contributed by atoms with Crippen molar-refractivity contribution in [1.29, 1.82) is 0 Å². The molecule has 0 aliphatic heterocycles. The maximum Gasteiger partial charge on any atom is 0.341 e. The number of halogens is 1. The first-order chi connectivity index (χ1) is 12.5. The zero-order valence-corrected chi connectivity index (χ0v) is 14.7. The standard InChI is InChI=1S/C19H20FNO5/c1-12(15-10-13(24-2)8-9-17(15)25-3)21-18(22)11-26-19(23)14-6-4-5-7-16(14)20/h4-10,12H,11H2,1-3H3,(H,21,22)/t12-/m0/s1. The van der Waals surface area contributed by atoms with Crippen molar-refractivity contribution in [2.45, 2.75) is 13.0 Å². The monoisotopic (exact) mass is 361 g/mol. The van der Waals surface area contributed by atoms with E-state index in [0.717, 1.165) is 6.07 Å². The molecule has 2 aromatic rings. The number of ether oxygens (including phenoxy) is 3.